The summed E-state index contributed by atoms with van der Waals surface area (Å²) in [6.45, 7) is 1.94. The Kier molecular flexibility index (Phi) is 5.81. The second-order valence-electron chi connectivity index (χ2n) is 4.37. The highest BCUT2D eigenvalue weighted by Crippen LogP contribution is 2.20. The van der Waals surface area contributed by atoms with E-state index in [0.717, 1.165) is 0 Å². The van der Waals surface area contributed by atoms with Crippen LogP contribution >= 0.6 is 11.8 Å². The lowest BCUT2D eigenvalue weighted by Crippen LogP contribution is -2.06. The monoisotopic (exact) mass is 313 g/mol. The van der Waals surface area contributed by atoms with E-state index in [-0.39, 0.29) is 5.91 Å². The van der Waals surface area contributed by atoms with Gasteiger partial charge < -0.3 is 10.1 Å². The molecule has 0 bridgehead atoms. The molecule has 1 aromatic heterocycles. The smallest absolute Gasteiger partial charge is 0.221 e. The van der Waals surface area contributed by atoms with Crippen LogP contribution in [0.15, 0.2) is 47.6 Å². The molecule has 1 amide bonds. The lowest BCUT2D eigenvalue weighted by molar-refractivity contribution is -0.114. The predicted molar refractivity (Wildman–Crippen MR) is 85.9 cm³/mol. The average molecular weight is 313 g/mol. The van der Waals surface area contributed by atoms with Crippen LogP contribution < -0.4 is 10.1 Å². The third-order valence-corrected chi connectivity index (χ3v) is 3.61. The first-order chi connectivity index (χ1) is 10.7. The van der Waals surface area contributed by atoms with E-state index >= 15 is 0 Å². The van der Waals surface area contributed by atoms with E-state index in [1.54, 1.807) is 30.5 Å². The number of carbonyl (C=O) groups is 1. The third-order valence-electron chi connectivity index (χ3n) is 2.64. The lowest BCUT2D eigenvalue weighted by atomic mass is 10.3. The van der Waals surface area contributed by atoms with Crippen LogP contribution in [0.3, 0.4) is 0 Å². The van der Waals surface area contributed by atoms with Gasteiger partial charge in [0.05, 0.1) is 12.2 Å². The minimum Gasteiger partial charge on any atom is -0.493 e. The van der Waals surface area contributed by atoms with Crippen molar-refractivity contribution in [3.05, 3.63) is 48.2 Å². The molecule has 0 saturated heterocycles. The minimum atomic E-state index is -0.119. The number of hydrogen-bond donors (Lipinski definition) is 1. The van der Waals surface area contributed by atoms with Gasteiger partial charge in [-0.3, -0.25) is 4.79 Å². The number of benzene rings is 1. The molecule has 1 N–H and O–H groups in total. The molecule has 1 heterocycles. The van der Waals surface area contributed by atoms with E-state index in [2.05, 4.69) is 16.4 Å². The van der Waals surface area contributed by atoms with Gasteiger partial charge in [0, 0.05) is 30.6 Å². The Labute approximate surface area is 133 Å². The number of ether oxygens (including phenoxy) is 1. The molecular formula is C16H15N3O2S. The van der Waals surface area contributed by atoms with Gasteiger partial charge in [-0.25, -0.2) is 4.98 Å². The zero-order valence-corrected chi connectivity index (χ0v) is 12.9. The van der Waals surface area contributed by atoms with Crippen LogP contribution in [0, 0.1) is 11.3 Å². The fourth-order valence-corrected chi connectivity index (χ4v) is 2.52. The van der Waals surface area contributed by atoms with Crippen LogP contribution in [0.25, 0.3) is 0 Å². The van der Waals surface area contributed by atoms with E-state index in [4.69, 9.17) is 10.00 Å². The molecule has 0 aliphatic rings. The number of anilines is 1. The Balaban J connectivity index is 1.84. The summed E-state index contributed by atoms with van der Waals surface area (Å²) in [7, 11) is 0. The summed E-state index contributed by atoms with van der Waals surface area (Å²) in [4.78, 5) is 15.2. The Morgan fingerprint density at radius 1 is 1.41 bits per heavy atom. The van der Waals surface area contributed by atoms with Gasteiger partial charge in [0.1, 0.15) is 16.8 Å². The molecule has 6 heteroatoms. The molecule has 5 nitrogen and oxygen atoms in total. The zero-order chi connectivity index (χ0) is 15.8. The highest BCUT2D eigenvalue weighted by molar-refractivity contribution is 7.99. The summed E-state index contributed by atoms with van der Waals surface area (Å²) in [6.07, 6.45) is 1.67. The molecule has 0 saturated carbocycles. The topological polar surface area (TPSA) is 75.0 Å². The number of nitriles is 1. The van der Waals surface area contributed by atoms with Gasteiger partial charge >= 0.3 is 0 Å². The normalized spacial score (nSPS) is 9.82. The molecule has 0 aliphatic heterocycles. The van der Waals surface area contributed by atoms with Gasteiger partial charge in [-0.1, -0.05) is 6.07 Å². The predicted octanol–water partition coefficient (Wildman–Crippen LogP) is 3.08. The van der Waals surface area contributed by atoms with Crippen molar-refractivity contribution >= 4 is 23.4 Å². The molecule has 22 heavy (non-hydrogen) atoms. The summed E-state index contributed by atoms with van der Waals surface area (Å²) >= 11 is 1.48. The maximum atomic E-state index is 11.0. The van der Waals surface area contributed by atoms with Gasteiger partial charge in [-0.15, -0.1) is 11.8 Å². The molecule has 2 rings (SSSR count). The average Bonchev–Trinajstić information content (AvgIpc) is 2.51. The molecule has 112 valence electrons. The Hall–Kier alpha value is -2.52. The fourth-order valence-electron chi connectivity index (χ4n) is 1.76. The number of amides is 1. The number of rotatable bonds is 6. The van der Waals surface area contributed by atoms with E-state index in [1.807, 2.05) is 12.1 Å². The maximum Gasteiger partial charge on any atom is 0.221 e. The van der Waals surface area contributed by atoms with Crippen molar-refractivity contribution in [2.45, 2.75) is 11.9 Å². The molecule has 0 aliphatic carbocycles. The van der Waals surface area contributed by atoms with Gasteiger partial charge in [0.25, 0.3) is 0 Å². The van der Waals surface area contributed by atoms with Crippen molar-refractivity contribution in [1.29, 1.82) is 5.26 Å². The number of pyridine rings is 1. The molecule has 0 radical (unpaired) electrons. The highest BCUT2D eigenvalue weighted by atomic mass is 32.2. The molecule has 0 atom stereocenters. The minimum absolute atomic E-state index is 0.119. The second kappa shape index (κ2) is 8.05. The first kappa shape index (κ1) is 15.9. The number of nitrogens with one attached hydrogen (secondary N) is 1. The lowest BCUT2D eigenvalue weighted by Gasteiger charge is -2.08. The first-order valence-corrected chi connectivity index (χ1v) is 7.66. The summed E-state index contributed by atoms with van der Waals surface area (Å²) in [5.41, 5.74) is 1.27. The van der Waals surface area contributed by atoms with Crippen LogP contribution in [0.5, 0.6) is 5.75 Å². The molecular weight excluding hydrogens is 298 g/mol. The largest absolute Gasteiger partial charge is 0.493 e. The van der Waals surface area contributed by atoms with Crippen LogP contribution in [0.1, 0.15) is 12.5 Å². The van der Waals surface area contributed by atoms with Crippen molar-refractivity contribution in [1.82, 2.24) is 4.98 Å². The number of thioether (sulfide) groups is 1. The Morgan fingerprint density at radius 3 is 3.05 bits per heavy atom. The number of nitrogens with zero attached hydrogens (tertiary/aromatic N) is 2. The van der Waals surface area contributed by atoms with Gasteiger partial charge in [-0.2, -0.15) is 5.26 Å². The Bertz CT molecular complexity index is 698. The van der Waals surface area contributed by atoms with Crippen LogP contribution in [-0.2, 0) is 4.79 Å². The highest BCUT2D eigenvalue weighted by Gasteiger charge is 2.03. The van der Waals surface area contributed by atoms with Gasteiger partial charge in [0.2, 0.25) is 5.91 Å². The van der Waals surface area contributed by atoms with E-state index in [1.165, 1.54) is 18.7 Å². The van der Waals surface area contributed by atoms with Gasteiger partial charge in [0.15, 0.2) is 0 Å². The van der Waals surface area contributed by atoms with E-state index in [0.29, 0.717) is 34.4 Å². The molecule has 0 unspecified atom stereocenters. The zero-order valence-electron chi connectivity index (χ0n) is 12.1. The third kappa shape index (κ3) is 4.79. The van der Waals surface area contributed by atoms with Crippen LogP contribution in [0.4, 0.5) is 5.69 Å². The Morgan fingerprint density at radius 2 is 2.27 bits per heavy atom. The maximum absolute atomic E-state index is 11.0. The van der Waals surface area contributed by atoms with Crippen molar-refractivity contribution in [2.75, 3.05) is 17.7 Å². The molecule has 2 aromatic rings. The van der Waals surface area contributed by atoms with Crippen molar-refractivity contribution in [3.63, 3.8) is 0 Å². The second-order valence-corrected chi connectivity index (χ2v) is 5.46. The number of hydrogen-bond acceptors (Lipinski definition) is 5. The van der Waals surface area contributed by atoms with Crippen molar-refractivity contribution in [3.8, 4) is 11.8 Å². The summed E-state index contributed by atoms with van der Waals surface area (Å²) in [5, 5.41) is 12.4. The first-order valence-electron chi connectivity index (χ1n) is 6.67. The SMILES string of the molecule is CC(=O)Nc1cccc(OCCSc2ncccc2C#N)c1. The van der Waals surface area contributed by atoms with Crippen LogP contribution in [-0.4, -0.2) is 23.3 Å². The standard InChI is InChI=1S/C16H15N3O2S/c1-12(20)19-14-5-2-6-15(10-14)21-8-9-22-16-13(11-17)4-3-7-18-16/h2-7,10H,8-9H2,1H3,(H,19,20). The molecule has 0 fully saturated rings. The van der Waals surface area contributed by atoms with Crippen LogP contribution in [0.2, 0.25) is 0 Å². The van der Waals surface area contributed by atoms with Crippen molar-refractivity contribution in [2.24, 2.45) is 0 Å². The quantitative estimate of drug-likeness (QED) is 0.655. The van der Waals surface area contributed by atoms with E-state index in [9.17, 15) is 4.79 Å². The summed E-state index contributed by atoms with van der Waals surface area (Å²) < 4.78 is 5.64. The molecule has 1 aromatic carbocycles. The summed E-state index contributed by atoms with van der Waals surface area (Å²) in [5.74, 6) is 1.25. The fraction of sp³-hybridized carbons (Fsp3) is 0.188. The number of aromatic nitrogens is 1. The van der Waals surface area contributed by atoms with Crippen molar-refractivity contribution < 1.29 is 9.53 Å². The summed E-state index contributed by atoms with van der Waals surface area (Å²) in [6, 6.07) is 12.8. The number of carbonyl (C=O) groups excluding carboxylic acids is 1. The van der Waals surface area contributed by atoms with Gasteiger partial charge in [-0.05, 0) is 24.3 Å². The van der Waals surface area contributed by atoms with E-state index < -0.39 is 0 Å². The molecule has 0 spiro atoms.